The molecule has 0 saturated heterocycles. The van der Waals surface area contributed by atoms with Gasteiger partial charge in [0.05, 0.1) is 12.3 Å². The number of aliphatic hydroxyl groups is 1. The van der Waals surface area contributed by atoms with Crippen LogP contribution in [0.2, 0.25) is 0 Å². The average Bonchev–Trinajstić information content (AvgIpc) is 2.28. The molecule has 0 aromatic carbocycles. The molecule has 0 spiro atoms. The third-order valence-electron chi connectivity index (χ3n) is 2.61. The predicted octanol–water partition coefficient (Wildman–Crippen LogP) is 2.09. The number of nitrogens with zero attached hydrogens (tertiary/aromatic N) is 1. The second-order valence-corrected chi connectivity index (χ2v) is 4.81. The van der Waals surface area contributed by atoms with Gasteiger partial charge in [-0.25, -0.2) is 0 Å². The van der Waals surface area contributed by atoms with Gasteiger partial charge in [-0.3, -0.25) is 4.98 Å². The first-order chi connectivity index (χ1) is 7.09. The second-order valence-electron chi connectivity index (χ2n) is 3.89. The summed E-state index contributed by atoms with van der Waals surface area (Å²) in [5.41, 5.74) is 0.765. The zero-order chi connectivity index (χ0) is 11.3. The van der Waals surface area contributed by atoms with Crippen molar-refractivity contribution < 1.29 is 5.11 Å². The summed E-state index contributed by atoms with van der Waals surface area (Å²) >= 11 is 3.34. The Hall–Kier alpha value is -0.450. The summed E-state index contributed by atoms with van der Waals surface area (Å²) in [6, 6.07) is 3.93. The maximum absolute atomic E-state index is 9.22. The molecule has 0 aliphatic carbocycles. The van der Waals surface area contributed by atoms with Crippen LogP contribution in [0, 0.1) is 0 Å². The van der Waals surface area contributed by atoms with E-state index in [4.69, 9.17) is 0 Å². The molecule has 0 amide bonds. The van der Waals surface area contributed by atoms with E-state index < -0.39 is 0 Å². The Kier molecular flexibility index (Phi) is 4.70. The monoisotopic (exact) mass is 272 g/mol. The zero-order valence-electron chi connectivity index (χ0n) is 9.13. The first-order valence-corrected chi connectivity index (χ1v) is 5.85. The number of aromatic nitrogens is 1. The molecule has 0 saturated carbocycles. The molecular weight excluding hydrogens is 256 g/mol. The molecule has 0 aliphatic rings. The fraction of sp³-hybridized carbons (Fsp3) is 0.545. The molecule has 1 rings (SSSR count). The predicted molar refractivity (Wildman–Crippen MR) is 64.6 cm³/mol. The van der Waals surface area contributed by atoms with Crippen LogP contribution in [-0.4, -0.2) is 22.2 Å². The molecule has 0 aliphatic heterocycles. The van der Waals surface area contributed by atoms with Crippen molar-refractivity contribution in [2.24, 2.45) is 0 Å². The first-order valence-electron chi connectivity index (χ1n) is 5.06. The number of hydrogen-bond acceptors (Lipinski definition) is 3. The third kappa shape index (κ3) is 3.89. The molecule has 0 bridgehead atoms. The van der Waals surface area contributed by atoms with Crippen molar-refractivity contribution in [3.8, 4) is 0 Å². The lowest BCUT2D eigenvalue weighted by Crippen LogP contribution is -2.44. The summed E-state index contributed by atoms with van der Waals surface area (Å²) in [5.74, 6) is 0. The van der Waals surface area contributed by atoms with Crippen LogP contribution in [0.15, 0.2) is 22.8 Å². The summed E-state index contributed by atoms with van der Waals surface area (Å²) in [7, 11) is 0. The Morgan fingerprint density at radius 1 is 1.53 bits per heavy atom. The van der Waals surface area contributed by atoms with Crippen LogP contribution < -0.4 is 5.32 Å². The largest absolute Gasteiger partial charge is 0.394 e. The van der Waals surface area contributed by atoms with Crippen LogP contribution in [0.4, 0.5) is 0 Å². The molecule has 1 aromatic rings. The van der Waals surface area contributed by atoms with Crippen molar-refractivity contribution in [3.05, 3.63) is 28.5 Å². The first kappa shape index (κ1) is 12.6. The van der Waals surface area contributed by atoms with Gasteiger partial charge >= 0.3 is 0 Å². The lowest BCUT2D eigenvalue weighted by atomic mass is 10.0. The fourth-order valence-electron chi connectivity index (χ4n) is 1.11. The zero-order valence-corrected chi connectivity index (χ0v) is 10.7. The van der Waals surface area contributed by atoms with Gasteiger partial charge in [0, 0.05) is 22.8 Å². The van der Waals surface area contributed by atoms with E-state index >= 15 is 0 Å². The molecule has 1 atom stereocenters. The van der Waals surface area contributed by atoms with Gasteiger partial charge in [0.25, 0.3) is 0 Å². The highest BCUT2D eigenvalue weighted by atomic mass is 79.9. The Labute approximate surface area is 99.1 Å². The van der Waals surface area contributed by atoms with Gasteiger partial charge in [-0.2, -0.15) is 0 Å². The number of hydrogen-bond donors (Lipinski definition) is 2. The van der Waals surface area contributed by atoms with Crippen LogP contribution in [0.3, 0.4) is 0 Å². The van der Waals surface area contributed by atoms with Crippen molar-refractivity contribution in [1.29, 1.82) is 0 Å². The smallest absolute Gasteiger partial charge is 0.0610 e. The Morgan fingerprint density at radius 2 is 2.27 bits per heavy atom. The van der Waals surface area contributed by atoms with E-state index in [-0.39, 0.29) is 12.1 Å². The summed E-state index contributed by atoms with van der Waals surface area (Å²) < 4.78 is 0.978. The number of rotatable bonds is 5. The normalized spacial score (nSPS) is 14.9. The van der Waals surface area contributed by atoms with Crippen LogP contribution in [0.25, 0.3) is 0 Å². The van der Waals surface area contributed by atoms with Gasteiger partial charge in [0.2, 0.25) is 0 Å². The highest BCUT2D eigenvalue weighted by Crippen LogP contribution is 2.10. The molecule has 15 heavy (non-hydrogen) atoms. The molecule has 1 heterocycles. The lowest BCUT2D eigenvalue weighted by molar-refractivity contribution is 0.168. The van der Waals surface area contributed by atoms with Crippen molar-refractivity contribution in [2.75, 3.05) is 6.61 Å². The number of aliphatic hydroxyl groups excluding tert-OH is 1. The van der Waals surface area contributed by atoms with E-state index in [0.717, 1.165) is 16.6 Å². The van der Waals surface area contributed by atoms with Gasteiger partial charge in [-0.05, 0) is 41.4 Å². The van der Waals surface area contributed by atoms with Crippen molar-refractivity contribution in [1.82, 2.24) is 10.3 Å². The molecule has 1 aromatic heterocycles. The summed E-state index contributed by atoms with van der Waals surface area (Å²) in [6.07, 6.45) is 2.67. The molecule has 0 radical (unpaired) electrons. The summed E-state index contributed by atoms with van der Waals surface area (Å²) in [4.78, 5) is 4.26. The standard InChI is InChI=1S/C11H17BrN2O/c1-3-11(2,8-15)14-7-10-5-4-9(12)6-13-10/h4-6,14-15H,3,7-8H2,1-2H3. The third-order valence-corrected chi connectivity index (χ3v) is 3.08. The van der Waals surface area contributed by atoms with E-state index in [2.05, 4.69) is 33.2 Å². The van der Waals surface area contributed by atoms with Crippen LogP contribution in [-0.2, 0) is 6.54 Å². The highest BCUT2D eigenvalue weighted by molar-refractivity contribution is 9.10. The SMILES string of the molecule is CCC(C)(CO)NCc1ccc(Br)cn1. The summed E-state index contributed by atoms with van der Waals surface area (Å²) in [5, 5.41) is 12.5. The molecular formula is C11H17BrN2O. The van der Waals surface area contributed by atoms with Gasteiger partial charge < -0.3 is 10.4 Å². The van der Waals surface area contributed by atoms with Gasteiger partial charge in [-0.15, -0.1) is 0 Å². The average molecular weight is 273 g/mol. The van der Waals surface area contributed by atoms with E-state index in [1.165, 1.54) is 0 Å². The van der Waals surface area contributed by atoms with Crippen LogP contribution >= 0.6 is 15.9 Å². The minimum absolute atomic E-state index is 0.139. The van der Waals surface area contributed by atoms with Crippen LogP contribution in [0.1, 0.15) is 26.0 Å². The molecule has 2 N–H and O–H groups in total. The van der Waals surface area contributed by atoms with E-state index in [1.807, 2.05) is 19.1 Å². The minimum Gasteiger partial charge on any atom is -0.394 e. The Balaban J connectivity index is 2.53. The van der Waals surface area contributed by atoms with Gasteiger partial charge in [0.1, 0.15) is 0 Å². The highest BCUT2D eigenvalue weighted by Gasteiger charge is 2.19. The van der Waals surface area contributed by atoms with E-state index in [0.29, 0.717) is 6.54 Å². The summed E-state index contributed by atoms with van der Waals surface area (Å²) in [6.45, 7) is 4.88. The van der Waals surface area contributed by atoms with Gasteiger partial charge in [-0.1, -0.05) is 6.92 Å². The number of nitrogens with one attached hydrogen (secondary N) is 1. The van der Waals surface area contributed by atoms with Crippen molar-refractivity contribution >= 4 is 15.9 Å². The van der Waals surface area contributed by atoms with Crippen molar-refractivity contribution in [3.63, 3.8) is 0 Å². The van der Waals surface area contributed by atoms with E-state index in [1.54, 1.807) is 6.20 Å². The second kappa shape index (κ2) is 5.58. The quantitative estimate of drug-likeness (QED) is 0.863. The van der Waals surface area contributed by atoms with Crippen molar-refractivity contribution in [2.45, 2.75) is 32.4 Å². The molecule has 0 fully saturated rings. The Bertz CT molecular complexity index is 296. The molecule has 1 unspecified atom stereocenters. The minimum atomic E-state index is -0.214. The number of halogens is 1. The molecule has 4 heteroatoms. The molecule has 3 nitrogen and oxygen atoms in total. The number of pyridine rings is 1. The molecule has 84 valence electrons. The van der Waals surface area contributed by atoms with Crippen LogP contribution in [0.5, 0.6) is 0 Å². The fourth-order valence-corrected chi connectivity index (χ4v) is 1.34. The lowest BCUT2D eigenvalue weighted by Gasteiger charge is -2.27. The topological polar surface area (TPSA) is 45.1 Å². The maximum Gasteiger partial charge on any atom is 0.0610 e. The maximum atomic E-state index is 9.22. The Morgan fingerprint density at radius 3 is 2.73 bits per heavy atom. The van der Waals surface area contributed by atoms with E-state index in [9.17, 15) is 5.11 Å². The van der Waals surface area contributed by atoms with Gasteiger partial charge in [0.15, 0.2) is 0 Å².